The molecule has 0 saturated heterocycles. The molecule has 0 unspecified atom stereocenters. The van der Waals surface area contributed by atoms with Crippen LogP contribution in [0.15, 0.2) is 30.7 Å². The Morgan fingerprint density at radius 1 is 1.24 bits per heavy atom. The topological polar surface area (TPSA) is 87.7 Å². The van der Waals surface area contributed by atoms with E-state index in [4.69, 9.17) is 0 Å². The average Bonchev–Trinajstić information content (AvgIpc) is 2.88. The van der Waals surface area contributed by atoms with Crippen LogP contribution in [0.3, 0.4) is 0 Å². The van der Waals surface area contributed by atoms with Crippen molar-refractivity contribution in [3.8, 4) is 0 Å². The summed E-state index contributed by atoms with van der Waals surface area (Å²) in [5.74, 6) is 0.0990. The summed E-state index contributed by atoms with van der Waals surface area (Å²) in [6.45, 7) is 2.41. The molecule has 2 aromatic rings. The van der Waals surface area contributed by atoms with Gasteiger partial charge in [-0.1, -0.05) is 0 Å². The smallest absolute Gasteiger partial charge is 0.211 e. The van der Waals surface area contributed by atoms with Crippen LogP contribution in [0.25, 0.3) is 0 Å². The molecule has 2 aromatic heterocycles. The Hall–Kier alpha value is -1.73. The highest BCUT2D eigenvalue weighted by atomic mass is 32.2. The number of hydrogen-bond acceptors (Lipinski definition) is 4. The van der Waals surface area contributed by atoms with Gasteiger partial charge in [0, 0.05) is 24.6 Å². The maximum Gasteiger partial charge on any atom is 0.211 e. The van der Waals surface area contributed by atoms with Crippen molar-refractivity contribution >= 4 is 10.0 Å². The van der Waals surface area contributed by atoms with Crippen molar-refractivity contribution in [2.45, 2.75) is 26.2 Å². The lowest BCUT2D eigenvalue weighted by atomic mass is 10.1. The Bertz CT molecular complexity index is 653. The van der Waals surface area contributed by atoms with Crippen LogP contribution in [0.4, 0.5) is 0 Å². The zero-order valence-electron chi connectivity index (χ0n) is 12.0. The van der Waals surface area contributed by atoms with Gasteiger partial charge < -0.3 is 0 Å². The minimum absolute atomic E-state index is 0.0990. The fourth-order valence-electron chi connectivity index (χ4n) is 2.01. The molecule has 2 N–H and O–H groups in total. The first-order chi connectivity index (χ1) is 10.1. The molecule has 0 radical (unpaired) electrons. The molecule has 21 heavy (non-hydrogen) atoms. The number of hydrogen-bond donors (Lipinski definition) is 2. The number of H-pyrrole nitrogens is 1. The van der Waals surface area contributed by atoms with E-state index in [1.807, 2.05) is 19.1 Å². The van der Waals surface area contributed by atoms with Gasteiger partial charge >= 0.3 is 0 Å². The summed E-state index contributed by atoms with van der Waals surface area (Å²) in [6.07, 6.45) is 7.20. The van der Waals surface area contributed by atoms with Gasteiger partial charge in [-0.25, -0.2) is 13.1 Å². The van der Waals surface area contributed by atoms with E-state index in [0.29, 0.717) is 13.0 Å². The van der Waals surface area contributed by atoms with E-state index >= 15 is 0 Å². The molecule has 0 spiro atoms. The summed E-state index contributed by atoms with van der Waals surface area (Å²) in [7, 11) is -3.22. The van der Waals surface area contributed by atoms with Crippen molar-refractivity contribution in [3.63, 3.8) is 0 Å². The number of rotatable bonds is 8. The number of pyridine rings is 1. The van der Waals surface area contributed by atoms with Crippen LogP contribution < -0.4 is 4.72 Å². The summed E-state index contributed by atoms with van der Waals surface area (Å²) < 4.78 is 26.4. The Balaban J connectivity index is 1.70. The first-order valence-corrected chi connectivity index (χ1v) is 8.57. The summed E-state index contributed by atoms with van der Waals surface area (Å²) >= 11 is 0. The molecule has 114 valence electrons. The highest BCUT2D eigenvalue weighted by Gasteiger charge is 2.10. The predicted octanol–water partition coefficient (Wildman–Crippen LogP) is 1.21. The number of nitrogens with zero attached hydrogens (tertiary/aromatic N) is 2. The molecular weight excluding hydrogens is 288 g/mol. The van der Waals surface area contributed by atoms with Crippen LogP contribution in [-0.4, -0.2) is 35.9 Å². The lowest BCUT2D eigenvalue weighted by Gasteiger charge is -2.06. The lowest BCUT2D eigenvalue weighted by molar-refractivity contribution is 0.578. The summed E-state index contributed by atoms with van der Waals surface area (Å²) in [5, 5.41) is 6.81. The molecule has 0 aliphatic rings. The Labute approximate surface area is 125 Å². The summed E-state index contributed by atoms with van der Waals surface area (Å²) in [4.78, 5) is 3.91. The third-order valence-electron chi connectivity index (χ3n) is 3.29. The van der Waals surface area contributed by atoms with Crippen molar-refractivity contribution in [1.82, 2.24) is 19.9 Å². The zero-order chi connectivity index (χ0) is 15.1. The second kappa shape index (κ2) is 7.33. The minimum atomic E-state index is -3.22. The second-order valence-electron chi connectivity index (χ2n) is 4.94. The number of aryl methyl sites for hydroxylation is 3. The second-order valence-corrected chi connectivity index (χ2v) is 6.87. The van der Waals surface area contributed by atoms with E-state index in [9.17, 15) is 8.42 Å². The first-order valence-electron chi connectivity index (χ1n) is 6.92. The fraction of sp³-hybridized carbons (Fsp3) is 0.429. The summed E-state index contributed by atoms with van der Waals surface area (Å²) in [5.41, 5.74) is 3.14. The van der Waals surface area contributed by atoms with E-state index in [0.717, 1.165) is 29.7 Å². The van der Waals surface area contributed by atoms with E-state index < -0.39 is 10.0 Å². The Morgan fingerprint density at radius 3 is 2.67 bits per heavy atom. The molecule has 7 heteroatoms. The minimum Gasteiger partial charge on any atom is -0.283 e. The number of sulfonamides is 1. The third-order valence-corrected chi connectivity index (χ3v) is 4.67. The Kier molecular flexibility index (Phi) is 5.46. The highest BCUT2D eigenvalue weighted by molar-refractivity contribution is 7.89. The molecule has 0 aromatic carbocycles. The molecule has 2 rings (SSSR count). The number of aromatic amines is 1. The van der Waals surface area contributed by atoms with Crippen LogP contribution in [0, 0.1) is 6.92 Å². The van der Waals surface area contributed by atoms with Gasteiger partial charge in [0.15, 0.2) is 0 Å². The van der Waals surface area contributed by atoms with Crippen molar-refractivity contribution < 1.29 is 8.42 Å². The largest absolute Gasteiger partial charge is 0.283 e. The van der Waals surface area contributed by atoms with Gasteiger partial charge in [0.25, 0.3) is 0 Å². The monoisotopic (exact) mass is 308 g/mol. The average molecular weight is 308 g/mol. The van der Waals surface area contributed by atoms with Gasteiger partial charge in [-0.3, -0.25) is 10.1 Å². The van der Waals surface area contributed by atoms with Crippen LogP contribution in [-0.2, 0) is 22.9 Å². The van der Waals surface area contributed by atoms with E-state index in [1.165, 1.54) is 0 Å². The molecule has 0 atom stereocenters. The maximum atomic E-state index is 11.9. The fourth-order valence-corrected chi connectivity index (χ4v) is 3.11. The van der Waals surface area contributed by atoms with Gasteiger partial charge in [0.2, 0.25) is 10.0 Å². The molecule has 0 fully saturated rings. The number of aromatic nitrogens is 3. The SMILES string of the molecule is Cc1[nH]ncc1CCCNS(=O)(=O)CCc1ccncc1. The normalized spacial score (nSPS) is 11.7. The van der Waals surface area contributed by atoms with Crippen LogP contribution in [0.2, 0.25) is 0 Å². The van der Waals surface area contributed by atoms with Gasteiger partial charge in [0.1, 0.15) is 0 Å². The number of nitrogens with one attached hydrogen (secondary N) is 2. The van der Waals surface area contributed by atoms with Crippen molar-refractivity contribution in [1.29, 1.82) is 0 Å². The van der Waals surface area contributed by atoms with Gasteiger partial charge in [-0.2, -0.15) is 5.10 Å². The van der Waals surface area contributed by atoms with Crippen molar-refractivity contribution in [2.75, 3.05) is 12.3 Å². The van der Waals surface area contributed by atoms with E-state index in [1.54, 1.807) is 18.6 Å². The lowest BCUT2D eigenvalue weighted by Crippen LogP contribution is -2.28. The van der Waals surface area contributed by atoms with Gasteiger partial charge in [0.05, 0.1) is 11.9 Å². The Morgan fingerprint density at radius 2 is 2.00 bits per heavy atom. The molecule has 0 bridgehead atoms. The zero-order valence-corrected chi connectivity index (χ0v) is 12.9. The summed E-state index contributed by atoms with van der Waals surface area (Å²) in [6, 6.07) is 3.66. The van der Waals surface area contributed by atoms with Crippen LogP contribution in [0.5, 0.6) is 0 Å². The molecule has 2 heterocycles. The maximum absolute atomic E-state index is 11.9. The van der Waals surface area contributed by atoms with Crippen LogP contribution in [0.1, 0.15) is 23.2 Å². The third kappa shape index (κ3) is 5.28. The molecule has 0 aliphatic carbocycles. The van der Waals surface area contributed by atoms with E-state index in [-0.39, 0.29) is 5.75 Å². The first kappa shape index (κ1) is 15.7. The molecular formula is C14H20N4O2S. The highest BCUT2D eigenvalue weighted by Crippen LogP contribution is 2.05. The van der Waals surface area contributed by atoms with Gasteiger partial charge in [-0.15, -0.1) is 0 Å². The predicted molar refractivity (Wildman–Crippen MR) is 81.4 cm³/mol. The standard InChI is InChI=1S/C14H20N4O2S/c1-12-14(11-16-18-12)3-2-7-17-21(19,20)10-6-13-4-8-15-9-5-13/h4-5,8-9,11,17H,2-3,6-7,10H2,1H3,(H,16,18). The van der Waals surface area contributed by atoms with Gasteiger partial charge in [-0.05, 0) is 49.4 Å². The molecule has 0 saturated carbocycles. The van der Waals surface area contributed by atoms with Crippen LogP contribution >= 0.6 is 0 Å². The van der Waals surface area contributed by atoms with Crippen molar-refractivity contribution in [3.05, 3.63) is 47.5 Å². The molecule has 0 aliphatic heterocycles. The van der Waals surface area contributed by atoms with Crippen molar-refractivity contribution in [2.24, 2.45) is 0 Å². The molecule has 0 amide bonds. The van der Waals surface area contributed by atoms with E-state index in [2.05, 4.69) is 19.9 Å². The molecule has 6 nitrogen and oxygen atoms in total. The quantitative estimate of drug-likeness (QED) is 0.718.